The number of benzene rings is 9. The quantitative estimate of drug-likeness (QED) is 0.174. The van der Waals surface area contributed by atoms with Gasteiger partial charge in [-0.1, -0.05) is 152 Å². The van der Waals surface area contributed by atoms with E-state index in [4.69, 9.17) is 23.8 Å². The molecule has 6 nitrogen and oxygen atoms in total. The average Bonchev–Trinajstić information content (AvgIpc) is 4.01. The van der Waals surface area contributed by atoms with Crippen molar-refractivity contribution < 1.29 is 8.83 Å². The Bertz CT molecular complexity index is 3880. The van der Waals surface area contributed by atoms with Gasteiger partial charge in [-0.2, -0.15) is 9.97 Å². The van der Waals surface area contributed by atoms with Crippen LogP contribution in [0.25, 0.3) is 127 Å². The van der Waals surface area contributed by atoms with Crippen molar-refractivity contribution in [2.24, 2.45) is 0 Å². The van der Waals surface area contributed by atoms with Gasteiger partial charge in [0.1, 0.15) is 22.3 Å². The molecule has 4 heterocycles. The fourth-order valence-electron chi connectivity index (χ4n) is 9.31. The highest BCUT2D eigenvalue weighted by atomic mass is 16.3. The fourth-order valence-corrected chi connectivity index (χ4v) is 9.31. The standard InChI is InChI=1S/C55H32N4O2/c1-3-14-33(15-4-1)44-30-37(32-49-51(44)42-21-10-12-25-46(42)60-49)39-22-13-23-41-40-20-9-11-24-45(40)59(52(39)41)55-57-53(35-17-5-2-6-18-35)56-54(58-55)36-26-28-43-48(31-36)61-47-29-27-34-16-7-8-19-38(34)50(43)47/h1-32H. The van der Waals surface area contributed by atoms with E-state index in [1.165, 1.54) is 5.39 Å². The molecular weight excluding hydrogens is 749 g/mol. The van der Waals surface area contributed by atoms with Crippen LogP contribution in [0.15, 0.2) is 203 Å². The van der Waals surface area contributed by atoms with Gasteiger partial charge >= 0.3 is 0 Å². The first-order valence-corrected chi connectivity index (χ1v) is 20.4. The second kappa shape index (κ2) is 13.1. The van der Waals surface area contributed by atoms with E-state index in [0.717, 1.165) is 104 Å². The predicted molar refractivity (Wildman–Crippen MR) is 248 cm³/mol. The summed E-state index contributed by atoms with van der Waals surface area (Å²) in [5, 5.41) is 8.89. The summed E-state index contributed by atoms with van der Waals surface area (Å²) in [5.74, 6) is 1.65. The van der Waals surface area contributed by atoms with Gasteiger partial charge in [0.25, 0.3) is 0 Å². The van der Waals surface area contributed by atoms with E-state index >= 15 is 0 Å². The van der Waals surface area contributed by atoms with Gasteiger partial charge in [0.2, 0.25) is 5.95 Å². The second-order valence-electron chi connectivity index (χ2n) is 15.5. The second-order valence-corrected chi connectivity index (χ2v) is 15.5. The van der Waals surface area contributed by atoms with E-state index in [9.17, 15) is 0 Å². The summed E-state index contributed by atoms with van der Waals surface area (Å²) in [6.45, 7) is 0. The summed E-state index contributed by atoms with van der Waals surface area (Å²) in [7, 11) is 0. The molecule has 0 aliphatic heterocycles. The number of hydrogen-bond donors (Lipinski definition) is 0. The van der Waals surface area contributed by atoms with E-state index in [0.29, 0.717) is 17.6 Å². The SMILES string of the molecule is c1ccc(-c2nc(-c3ccc4c(c3)oc3ccc5ccccc5c34)nc(-n3c4ccccc4c4cccc(-c5cc(-c6ccccc6)c6c(c5)oc5ccccc56)c43)n2)cc1. The smallest absolute Gasteiger partial charge is 0.238 e. The van der Waals surface area contributed by atoms with Gasteiger partial charge in [-0.25, -0.2) is 4.98 Å². The van der Waals surface area contributed by atoms with Crippen LogP contribution >= 0.6 is 0 Å². The highest BCUT2D eigenvalue weighted by molar-refractivity contribution is 6.19. The molecule has 0 fully saturated rings. The largest absolute Gasteiger partial charge is 0.456 e. The summed E-state index contributed by atoms with van der Waals surface area (Å²) in [6.07, 6.45) is 0. The average molecular weight is 781 g/mol. The third kappa shape index (κ3) is 5.19. The topological polar surface area (TPSA) is 69.9 Å². The van der Waals surface area contributed by atoms with Crippen molar-refractivity contribution in [2.45, 2.75) is 0 Å². The first-order valence-electron chi connectivity index (χ1n) is 20.4. The first-order chi connectivity index (χ1) is 30.2. The predicted octanol–water partition coefficient (Wildman–Crippen LogP) is 14.6. The van der Waals surface area contributed by atoms with E-state index in [1.807, 2.05) is 42.5 Å². The Morgan fingerprint density at radius 3 is 1.85 bits per heavy atom. The number of rotatable bonds is 5. The molecule has 0 radical (unpaired) electrons. The number of furan rings is 2. The Morgan fingerprint density at radius 2 is 1.00 bits per heavy atom. The van der Waals surface area contributed by atoms with Crippen molar-refractivity contribution >= 4 is 76.5 Å². The molecule has 13 rings (SSSR count). The van der Waals surface area contributed by atoms with Crippen LogP contribution in [0.2, 0.25) is 0 Å². The lowest BCUT2D eigenvalue weighted by Crippen LogP contribution is -2.07. The molecule has 0 aliphatic carbocycles. The molecule has 4 aromatic heterocycles. The maximum Gasteiger partial charge on any atom is 0.238 e. The summed E-state index contributed by atoms with van der Waals surface area (Å²) in [6, 6.07) is 67.3. The van der Waals surface area contributed by atoms with Crippen LogP contribution in [-0.2, 0) is 0 Å². The maximum absolute atomic E-state index is 6.62. The summed E-state index contributed by atoms with van der Waals surface area (Å²) < 4.78 is 15.3. The van der Waals surface area contributed by atoms with Crippen molar-refractivity contribution in [3.8, 4) is 51.0 Å². The van der Waals surface area contributed by atoms with Crippen LogP contribution in [-0.4, -0.2) is 19.5 Å². The molecule has 0 saturated heterocycles. The Labute approximate surface area is 348 Å². The minimum atomic E-state index is 0.520. The van der Waals surface area contributed by atoms with E-state index in [2.05, 4.69) is 156 Å². The minimum absolute atomic E-state index is 0.520. The molecule has 0 atom stereocenters. The van der Waals surface area contributed by atoms with E-state index < -0.39 is 0 Å². The van der Waals surface area contributed by atoms with Crippen LogP contribution in [0, 0.1) is 0 Å². The molecule has 13 aromatic rings. The van der Waals surface area contributed by atoms with Crippen LogP contribution in [0.3, 0.4) is 0 Å². The molecule has 284 valence electrons. The summed E-state index contributed by atoms with van der Waals surface area (Å²) in [5.41, 5.74) is 11.3. The van der Waals surface area contributed by atoms with Crippen LogP contribution < -0.4 is 0 Å². The maximum atomic E-state index is 6.62. The van der Waals surface area contributed by atoms with Gasteiger partial charge < -0.3 is 8.83 Å². The normalized spacial score (nSPS) is 11.9. The Hall–Kier alpha value is -8.35. The zero-order valence-electron chi connectivity index (χ0n) is 32.6. The van der Waals surface area contributed by atoms with Gasteiger partial charge in [0.05, 0.1) is 11.0 Å². The molecule has 0 spiro atoms. The van der Waals surface area contributed by atoms with Gasteiger partial charge in [0, 0.05) is 49.0 Å². The van der Waals surface area contributed by atoms with Gasteiger partial charge in [0.15, 0.2) is 11.6 Å². The molecule has 0 aliphatic rings. The van der Waals surface area contributed by atoms with Crippen molar-refractivity contribution in [1.82, 2.24) is 19.5 Å². The molecule has 0 N–H and O–H groups in total. The molecule has 0 unspecified atom stereocenters. The highest BCUT2D eigenvalue weighted by Gasteiger charge is 2.23. The molecule has 61 heavy (non-hydrogen) atoms. The molecule has 0 bridgehead atoms. The Morgan fingerprint density at radius 1 is 0.344 bits per heavy atom. The van der Waals surface area contributed by atoms with Gasteiger partial charge in [-0.05, 0) is 69.9 Å². The Kier molecular flexibility index (Phi) is 7.21. The highest BCUT2D eigenvalue weighted by Crippen LogP contribution is 2.44. The van der Waals surface area contributed by atoms with Crippen molar-refractivity contribution in [3.05, 3.63) is 194 Å². The molecular formula is C55H32N4O2. The van der Waals surface area contributed by atoms with Crippen LogP contribution in [0.1, 0.15) is 0 Å². The zero-order valence-corrected chi connectivity index (χ0v) is 32.6. The lowest BCUT2D eigenvalue weighted by Gasteiger charge is -2.14. The summed E-state index contributed by atoms with van der Waals surface area (Å²) >= 11 is 0. The number of fused-ring (bicyclic) bond motifs is 11. The number of para-hydroxylation sites is 3. The lowest BCUT2D eigenvalue weighted by molar-refractivity contribution is 0.669. The van der Waals surface area contributed by atoms with E-state index in [-0.39, 0.29) is 0 Å². The number of hydrogen-bond acceptors (Lipinski definition) is 5. The number of aromatic nitrogens is 4. The molecule has 6 heteroatoms. The Balaban J connectivity index is 1.08. The lowest BCUT2D eigenvalue weighted by atomic mass is 9.93. The third-order valence-corrected chi connectivity index (χ3v) is 12.0. The van der Waals surface area contributed by atoms with Gasteiger partial charge in [-0.15, -0.1) is 0 Å². The van der Waals surface area contributed by atoms with Crippen LogP contribution in [0.4, 0.5) is 0 Å². The van der Waals surface area contributed by atoms with E-state index in [1.54, 1.807) is 0 Å². The van der Waals surface area contributed by atoms with Crippen molar-refractivity contribution in [2.75, 3.05) is 0 Å². The molecule has 9 aromatic carbocycles. The number of nitrogens with zero attached hydrogens (tertiary/aromatic N) is 4. The summed E-state index contributed by atoms with van der Waals surface area (Å²) in [4.78, 5) is 15.8. The first kappa shape index (κ1) is 33.6. The third-order valence-electron chi connectivity index (χ3n) is 12.0. The monoisotopic (exact) mass is 780 g/mol. The molecule has 0 saturated carbocycles. The zero-order chi connectivity index (χ0) is 40.0. The van der Waals surface area contributed by atoms with Gasteiger partial charge in [-0.3, -0.25) is 4.57 Å². The molecule has 0 amide bonds. The van der Waals surface area contributed by atoms with Crippen LogP contribution in [0.5, 0.6) is 0 Å². The minimum Gasteiger partial charge on any atom is -0.456 e. The van der Waals surface area contributed by atoms with Crippen molar-refractivity contribution in [1.29, 1.82) is 0 Å². The fraction of sp³-hybridized carbons (Fsp3) is 0. The van der Waals surface area contributed by atoms with Crippen molar-refractivity contribution in [3.63, 3.8) is 0 Å².